The average molecular weight is 342 g/mol. The number of sulfonamides is 1. The highest BCUT2D eigenvalue weighted by molar-refractivity contribution is 7.89. The lowest BCUT2D eigenvalue weighted by Crippen LogP contribution is -2.13. The number of pyridine rings is 1. The summed E-state index contributed by atoms with van der Waals surface area (Å²) in [4.78, 5) is 3.96. The molecule has 122 valence electrons. The minimum Gasteiger partial charge on any atom is -0.243 e. The Labute approximate surface area is 139 Å². The molecule has 1 aromatic heterocycles. The Morgan fingerprint density at radius 1 is 0.958 bits per heavy atom. The molecular weight excluding hydrogens is 327 g/mol. The maximum absolute atomic E-state index is 13.2. The number of allylic oxidation sites excluding steroid dienone is 4. The minimum atomic E-state index is -3.81. The van der Waals surface area contributed by atoms with E-state index < -0.39 is 10.0 Å². The fraction of sp³-hybridized carbons (Fsp3) is 0.167. The first-order valence-electron chi connectivity index (χ1n) is 7.58. The number of halogens is 1. The standard InChI is InChI=1S/C18H15FN2O2S/c19-14-4-1-12(2-5-14)15-9-18(7-8-18)10-16(15)13-3-6-17(21-11-13)24(20,22)23/h1-6,9-11H,7-8H2,(H2,20,22,23). The number of hydrogen-bond donors (Lipinski definition) is 1. The molecule has 1 heterocycles. The summed E-state index contributed by atoms with van der Waals surface area (Å²) in [6.45, 7) is 0. The molecule has 6 heteroatoms. The Morgan fingerprint density at radius 3 is 2.04 bits per heavy atom. The number of rotatable bonds is 3. The van der Waals surface area contributed by atoms with Crippen LogP contribution in [-0.2, 0) is 10.0 Å². The van der Waals surface area contributed by atoms with Crippen LogP contribution in [0.4, 0.5) is 4.39 Å². The summed E-state index contributed by atoms with van der Waals surface area (Å²) in [5.74, 6) is -0.275. The molecule has 0 aliphatic heterocycles. The molecule has 0 atom stereocenters. The second-order valence-electron chi connectivity index (χ2n) is 6.29. The van der Waals surface area contributed by atoms with E-state index in [2.05, 4.69) is 17.1 Å². The van der Waals surface area contributed by atoms with Crippen molar-refractivity contribution in [2.75, 3.05) is 0 Å². The zero-order chi connectivity index (χ0) is 16.9. The molecule has 0 bridgehead atoms. The molecule has 4 nitrogen and oxygen atoms in total. The van der Waals surface area contributed by atoms with Crippen molar-refractivity contribution in [2.45, 2.75) is 17.9 Å². The van der Waals surface area contributed by atoms with Crippen molar-refractivity contribution in [3.63, 3.8) is 0 Å². The molecule has 0 amide bonds. The van der Waals surface area contributed by atoms with Gasteiger partial charge in [-0.2, -0.15) is 0 Å². The van der Waals surface area contributed by atoms with Gasteiger partial charge in [-0.1, -0.05) is 24.3 Å². The molecule has 2 aliphatic rings. The van der Waals surface area contributed by atoms with E-state index in [9.17, 15) is 12.8 Å². The van der Waals surface area contributed by atoms with Crippen molar-refractivity contribution in [1.82, 2.24) is 4.98 Å². The lowest BCUT2D eigenvalue weighted by Gasteiger charge is -2.10. The number of aromatic nitrogens is 1. The van der Waals surface area contributed by atoms with Crippen LogP contribution in [0.15, 0.2) is 59.8 Å². The van der Waals surface area contributed by atoms with E-state index in [1.165, 1.54) is 24.4 Å². The fourth-order valence-electron chi connectivity index (χ4n) is 3.02. The molecule has 2 aliphatic carbocycles. The van der Waals surface area contributed by atoms with Crippen molar-refractivity contribution < 1.29 is 12.8 Å². The fourth-order valence-corrected chi connectivity index (χ4v) is 3.48. The summed E-state index contributed by atoms with van der Waals surface area (Å²) in [5, 5.41) is 4.94. The van der Waals surface area contributed by atoms with E-state index in [4.69, 9.17) is 5.14 Å². The summed E-state index contributed by atoms with van der Waals surface area (Å²) in [7, 11) is -3.81. The predicted molar refractivity (Wildman–Crippen MR) is 89.6 cm³/mol. The number of benzene rings is 1. The molecule has 1 saturated carbocycles. The molecular formula is C18H15FN2O2S. The molecule has 1 fully saturated rings. The highest BCUT2D eigenvalue weighted by Gasteiger charge is 2.43. The molecule has 1 aromatic carbocycles. The van der Waals surface area contributed by atoms with Gasteiger partial charge >= 0.3 is 0 Å². The third-order valence-corrected chi connectivity index (χ3v) is 5.30. The Kier molecular flexibility index (Phi) is 3.23. The van der Waals surface area contributed by atoms with Crippen LogP contribution in [0.3, 0.4) is 0 Å². The predicted octanol–water partition coefficient (Wildman–Crippen LogP) is 3.13. The molecule has 0 radical (unpaired) electrons. The molecule has 1 spiro atoms. The van der Waals surface area contributed by atoms with Crippen LogP contribution in [0.5, 0.6) is 0 Å². The highest BCUT2D eigenvalue weighted by Crippen LogP contribution is 2.57. The molecule has 4 rings (SSSR count). The van der Waals surface area contributed by atoms with Gasteiger partial charge in [-0.3, -0.25) is 0 Å². The first-order chi connectivity index (χ1) is 11.4. The van der Waals surface area contributed by atoms with Gasteiger partial charge in [0.1, 0.15) is 5.82 Å². The summed E-state index contributed by atoms with van der Waals surface area (Å²) in [5.41, 5.74) is 3.85. The minimum absolute atomic E-state index is 0.0810. The number of nitrogens with zero attached hydrogens (tertiary/aromatic N) is 1. The summed E-state index contributed by atoms with van der Waals surface area (Å²) in [6, 6.07) is 9.50. The quantitative estimate of drug-likeness (QED) is 0.931. The first-order valence-corrected chi connectivity index (χ1v) is 9.12. The Bertz CT molecular complexity index is 971. The highest BCUT2D eigenvalue weighted by atomic mass is 32.2. The number of hydrogen-bond acceptors (Lipinski definition) is 3. The summed E-state index contributed by atoms with van der Waals surface area (Å²) in [6.07, 6.45) is 8.10. The van der Waals surface area contributed by atoms with E-state index in [1.807, 2.05) is 0 Å². The summed E-state index contributed by atoms with van der Waals surface area (Å²) >= 11 is 0. The van der Waals surface area contributed by atoms with Crippen LogP contribution in [-0.4, -0.2) is 13.4 Å². The lowest BCUT2D eigenvalue weighted by molar-refractivity contribution is 0.594. The molecule has 2 aromatic rings. The van der Waals surface area contributed by atoms with Crippen LogP contribution < -0.4 is 5.14 Å². The van der Waals surface area contributed by atoms with Crippen LogP contribution in [0, 0.1) is 11.2 Å². The van der Waals surface area contributed by atoms with Gasteiger partial charge in [0.25, 0.3) is 10.0 Å². The third kappa shape index (κ3) is 2.68. The van der Waals surface area contributed by atoms with Gasteiger partial charge in [-0.25, -0.2) is 22.9 Å². The normalized spacial score (nSPS) is 18.4. The van der Waals surface area contributed by atoms with Gasteiger partial charge in [-0.05, 0) is 53.8 Å². The average Bonchev–Trinajstić information content (AvgIpc) is 3.19. The van der Waals surface area contributed by atoms with Crippen molar-refractivity contribution >= 4 is 21.2 Å². The first kappa shape index (κ1) is 15.2. The smallest absolute Gasteiger partial charge is 0.243 e. The van der Waals surface area contributed by atoms with Crippen molar-refractivity contribution in [2.24, 2.45) is 10.6 Å². The van der Waals surface area contributed by atoms with Crippen LogP contribution >= 0.6 is 0 Å². The monoisotopic (exact) mass is 342 g/mol. The zero-order valence-electron chi connectivity index (χ0n) is 12.7. The third-order valence-electron chi connectivity index (χ3n) is 4.48. The number of nitrogens with two attached hydrogens (primary N) is 1. The lowest BCUT2D eigenvalue weighted by atomic mass is 9.96. The maximum Gasteiger partial charge on any atom is 0.255 e. The van der Waals surface area contributed by atoms with Gasteiger partial charge < -0.3 is 0 Å². The van der Waals surface area contributed by atoms with Crippen LogP contribution in [0.25, 0.3) is 11.1 Å². The largest absolute Gasteiger partial charge is 0.255 e. The zero-order valence-corrected chi connectivity index (χ0v) is 13.6. The SMILES string of the molecule is NS(=O)(=O)c1ccc(C2=CC3(C=C2c2ccc(F)cc2)CC3)cn1. The molecule has 24 heavy (non-hydrogen) atoms. The van der Waals surface area contributed by atoms with Gasteiger partial charge in [-0.15, -0.1) is 0 Å². The Hall–Kier alpha value is -2.31. The van der Waals surface area contributed by atoms with E-state index in [0.29, 0.717) is 0 Å². The van der Waals surface area contributed by atoms with Crippen molar-refractivity contribution in [1.29, 1.82) is 0 Å². The molecule has 0 saturated heterocycles. The second kappa shape index (κ2) is 5.09. The van der Waals surface area contributed by atoms with Crippen LogP contribution in [0.1, 0.15) is 24.0 Å². The van der Waals surface area contributed by atoms with E-state index in [0.717, 1.165) is 35.1 Å². The molecule has 0 unspecified atom stereocenters. The maximum atomic E-state index is 13.2. The van der Waals surface area contributed by atoms with Crippen LogP contribution in [0.2, 0.25) is 0 Å². The van der Waals surface area contributed by atoms with Gasteiger partial charge in [0.15, 0.2) is 5.03 Å². The Balaban J connectivity index is 1.76. The van der Waals surface area contributed by atoms with E-state index in [1.54, 1.807) is 18.2 Å². The topological polar surface area (TPSA) is 73.1 Å². The van der Waals surface area contributed by atoms with E-state index >= 15 is 0 Å². The van der Waals surface area contributed by atoms with Gasteiger partial charge in [0, 0.05) is 17.2 Å². The molecule has 2 N–H and O–H groups in total. The van der Waals surface area contributed by atoms with Gasteiger partial charge in [0.05, 0.1) is 0 Å². The van der Waals surface area contributed by atoms with Gasteiger partial charge in [0.2, 0.25) is 0 Å². The van der Waals surface area contributed by atoms with Crippen molar-refractivity contribution in [3.05, 3.63) is 71.7 Å². The Morgan fingerprint density at radius 2 is 1.54 bits per heavy atom. The second-order valence-corrected chi connectivity index (χ2v) is 7.79. The number of primary sulfonamides is 1. The van der Waals surface area contributed by atoms with E-state index in [-0.39, 0.29) is 16.3 Å². The van der Waals surface area contributed by atoms with Crippen molar-refractivity contribution in [3.8, 4) is 0 Å². The summed E-state index contributed by atoms with van der Waals surface area (Å²) < 4.78 is 35.9.